The lowest BCUT2D eigenvalue weighted by Crippen LogP contribution is -2.65. The Bertz CT molecular complexity index is 1460. The number of rotatable bonds is 19. The predicted octanol–water partition coefficient (Wildman–Crippen LogP) is 3.71. The highest BCUT2D eigenvalue weighted by Gasteiger charge is 2.54. The van der Waals surface area contributed by atoms with E-state index in [1.54, 1.807) is 0 Å². The zero-order valence-corrected chi connectivity index (χ0v) is 36.9. The summed E-state index contributed by atoms with van der Waals surface area (Å²) in [6.07, 6.45) is 6.84. The molecule has 5 heterocycles. The van der Waals surface area contributed by atoms with Gasteiger partial charge >= 0.3 is 0 Å². The van der Waals surface area contributed by atoms with Gasteiger partial charge in [0, 0.05) is 55.6 Å². The minimum atomic E-state index is -3.40. The van der Waals surface area contributed by atoms with Crippen LogP contribution in [-0.4, -0.2) is 160 Å². The zero-order valence-electron chi connectivity index (χ0n) is 33.2. The van der Waals surface area contributed by atoms with Crippen LogP contribution in [0, 0.1) is 47.3 Å². The molecule has 16 heteroatoms. The molecule has 310 valence electrons. The Labute approximate surface area is 323 Å². The molecule has 5 rings (SSSR count). The average Bonchev–Trinajstić information content (AvgIpc) is 3.80. The quantitative estimate of drug-likeness (QED) is 0.146. The molecule has 12 nitrogen and oxygen atoms in total. The van der Waals surface area contributed by atoms with Crippen LogP contribution in [-0.2, 0) is 28.8 Å². The lowest BCUT2D eigenvalue weighted by atomic mass is 9.86. The molecule has 5 aliphatic heterocycles. The number of nitrogens with zero attached hydrogens (tertiary/aromatic N) is 4. The summed E-state index contributed by atoms with van der Waals surface area (Å²) in [5, 5.41) is 0. The van der Waals surface area contributed by atoms with E-state index in [9.17, 15) is 35.8 Å². The van der Waals surface area contributed by atoms with Crippen LogP contribution < -0.4 is 0 Å². The molecule has 0 aliphatic carbocycles. The van der Waals surface area contributed by atoms with E-state index in [2.05, 4.69) is 20.8 Å². The number of piperazine rings is 1. The normalized spacial score (nSPS) is 38.4. The molecule has 0 amide bonds. The Balaban J connectivity index is 1.32. The van der Waals surface area contributed by atoms with Gasteiger partial charge in [0.25, 0.3) is 0 Å². The molecule has 5 aliphatic rings. The van der Waals surface area contributed by atoms with Crippen molar-refractivity contribution in [2.45, 2.75) is 72.6 Å². The predicted molar refractivity (Wildman–Crippen MR) is 215 cm³/mol. The summed E-state index contributed by atoms with van der Waals surface area (Å²) in [6.45, 7) is 20.0. The standard InChI is InChI=1S/C37H72N4O8P2S2/c1-5-9-32-17-38(28-50(42)43)20-36(32)26-53(48,49)27-37-24-41(14-12-40(13-15-41)21-30(7-3)31(8-4)22-40)23-34(37)11-10-33-18-39(29-51(44)45)19-35(33)25-52(46,47)16-6-2/h30-37,50-51H,5-29H2,1-4H3/p+2. The minimum Gasteiger partial charge on any atom is -0.345 e. The monoisotopic (exact) mass is 828 g/mol. The molecule has 0 aromatic rings. The lowest BCUT2D eigenvalue weighted by Gasteiger charge is -2.47. The highest BCUT2D eigenvalue weighted by Crippen LogP contribution is 2.42. The van der Waals surface area contributed by atoms with Crippen molar-refractivity contribution >= 4 is 35.7 Å². The number of sulfone groups is 2. The molecule has 2 spiro atoms. The number of likely N-dealkylation sites (tertiary alicyclic amines) is 2. The third-order valence-electron chi connectivity index (χ3n) is 14.5. The second-order valence-electron chi connectivity index (χ2n) is 18.4. The second kappa shape index (κ2) is 18.8. The molecule has 2 N–H and O–H groups in total. The SMILES string of the molecule is CCCC1CN(C[PH](=O)O)CC1CS(=O)(=O)CC1C[N+]2(CC[N+]3(CC2)CC(CC)C(CC)C3)CC1CCC1CN(C[PH](=O)O)CC1CS(=O)(=O)CCC. The van der Waals surface area contributed by atoms with Gasteiger partial charge in [-0.2, -0.15) is 0 Å². The van der Waals surface area contributed by atoms with E-state index in [-0.39, 0.29) is 71.1 Å². The third-order valence-corrected chi connectivity index (χ3v) is 19.7. The Morgan fingerprint density at radius 3 is 1.38 bits per heavy atom. The highest BCUT2D eigenvalue weighted by molar-refractivity contribution is 7.91. The molecule has 5 fully saturated rings. The van der Waals surface area contributed by atoms with Crippen molar-refractivity contribution in [2.75, 3.05) is 114 Å². The Kier molecular flexibility index (Phi) is 15.7. The van der Waals surface area contributed by atoms with Crippen molar-refractivity contribution in [2.24, 2.45) is 47.3 Å². The van der Waals surface area contributed by atoms with Gasteiger partial charge in [0.15, 0.2) is 19.7 Å². The Morgan fingerprint density at radius 1 is 0.528 bits per heavy atom. The van der Waals surface area contributed by atoms with Crippen LogP contribution in [0.25, 0.3) is 0 Å². The summed E-state index contributed by atoms with van der Waals surface area (Å²) in [5.74, 6) is 2.65. The fraction of sp³-hybridized carbons (Fsp3) is 1.00. The molecule has 5 saturated heterocycles. The number of hydrogen-bond acceptors (Lipinski definition) is 8. The van der Waals surface area contributed by atoms with Gasteiger partial charge in [0.05, 0.1) is 56.0 Å². The lowest BCUT2D eigenvalue weighted by molar-refractivity contribution is -1.02. The van der Waals surface area contributed by atoms with Crippen LogP contribution in [0.1, 0.15) is 72.6 Å². The average molecular weight is 829 g/mol. The van der Waals surface area contributed by atoms with E-state index in [4.69, 9.17) is 0 Å². The molecule has 0 aromatic carbocycles. The molecular weight excluding hydrogens is 755 g/mol. The van der Waals surface area contributed by atoms with Gasteiger partial charge < -0.3 is 18.8 Å². The van der Waals surface area contributed by atoms with E-state index >= 15 is 0 Å². The van der Waals surface area contributed by atoms with Gasteiger partial charge in [-0.25, -0.2) is 16.8 Å². The second-order valence-corrected chi connectivity index (χ2v) is 25.0. The van der Waals surface area contributed by atoms with Gasteiger partial charge in [-0.1, -0.05) is 34.1 Å². The summed E-state index contributed by atoms with van der Waals surface area (Å²) in [6, 6.07) is 0. The summed E-state index contributed by atoms with van der Waals surface area (Å²) >= 11 is 0. The Hall–Kier alpha value is 0.120. The van der Waals surface area contributed by atoms with Crippen LogP contribution in [0.5, 0.6) is 0 Å². The molecule has 10 unspecified atom stereocenters. The van der Waals surface area contributed by atoms with E-state index < -0.39 is 35.7 Å². The van der Waals surface area contributed by atoms with Crippen LogP contribution >= 0.6 is 16.1 Å². The van der Waals surface area contributed by atoms with E-state index in [1.165, 1.54) is 43.5 Å². The summed E-state index contributed by atoms with van der Waals surface area (Å²) in [5.41, 5.74) is 0. The van der Waals surface area contributed by atoms with Crippen molar-refractivity contribution in [1.29, 1.82) is 0 Å². The summed E-state index contributed by atoms with van der Waals surface area (Å²) in [7, 11) is -12.0. The molecule has 0 bridgehead atoms. The third kappa shape index (κ3) is 11.8. The number of hydrogen-bond donors (Lipinski definition) is 2. The summed E-state index contributed by atoms with van der Waals surface area (Å²) in [4.78, 5) is 23.3. The molecular formula is C37H74N4O8P2S2+2. The van der Waals surface area contributed by atoms with Gasteiger partial charge in [0.1, 0.15) is 26.2 Å². The van der Waals surface area contributed by atoms with Gasteiger partial charge in [-0.15, -0.1) is 0 Å². The molecule has 0 saturated carbocycles. The molecule has 10 atom stereocenters. The Morgan fingerprint density at radius 2 is 0.925 bits per heavy atom. The molecule has 53 heavy (non-hydrogen) atoms. The van der Waals surface area contributed by atoms with Crippen LogP contribution in [0.3, 0.4) is 0 Å². The highest BCUT2D eigenvalue weighted by atomic mass is 32.2. The van der Waals surface area contributed by atoms with Gasteiger partial charge in [0.2, 0.25) is 16.1 Å². The first-order chi connectivity index (χ1) is 25.0. The van der Waals surface area contributed by atoms with Crippen molar-refractivity contribution < 1.29 is 44.7 Å². The van der Waals surface area contributed by atoms with Crippen molar-refractivity contribution in [3.63, 3.8) is 0 Å². The van der Waals surface area contributed by atoms with Crippen LogP contribution in [0.4, 0.5) is 0 Å². The maximum atomic E-state index is 14.2. The fourth-order valence-electron chi connectivity index (χ4n) is 12.0. The molecule has 0 aromatic heterocycles. The van der Waals surface area contributed by atoms with E-state index in [0.717, 1.165) is 68.2 Å². The van der Waals surface area contributed by atoms with Crippen LogP contribution in [0.15, 0.2) is 0 Å². The maximum absolute atomic E-state index is 14.2. The first-order valence-electron chi connectivity index (χ1n) is 21.0. The van der Waals surface area contributed by atoms with Crippen molar-refractivity contribution in [3.05, 3.63) is 0 Å². The summed E-state index contributed by atoms with van der Waals surface area (Å²) < 4.78 is 80.1. The van der Waals surface area contributed by atoms with Crippen LogP contribution in [0.2, 0.25) is 0 Å². The molecule has 0 radical (unpaired) electrons. The first-order valence-corrected chi connectivity index (χ1v) is 27.8. The largest absolute Gasteiger partial charge is 0.345 e. The topological polar surface area (TPSA) is 149 Å². The van der Waals surface area contributed by atoms with E-state index in [0.29, 0.717) is 32.6 Å². The van der Waals surface area contributed by atoms with Gasteiger partial charge in [-0.05, 0) is 62.2 Å². The van der Waals surface area contributed by atoms with Crippen molar-refractivity contribution in [3.8, 4) is 0 Å². The van der Waals surface area contributed by atoms with Gasteiger partial charge in [-0.3, -0.25) is 18.9 Å². The number of quaternary nitrogens is 2. The van der Waals surface area contributed by atoms with E-state index in [1.807, 2.05) is 16.7 Å². The smallest absolute Gasteiger partial charge is 0.202 e. The zero-order chi connectivity index (χ0) is 38.6. The van der Waals surface area contributed by atoms with Crippen molar-refractivity contribution in [1.82, 2.24) is 9.80 Å². The fourth-order valence-corrected chi connectivity index (χ4v) is 17.3. The minimum absolute atomic E-state index is 0.0221. The maximum Gasteiger partial charge on any atom is 0.202 e. The first kappa shape index (κ1) is 44.2.